The summed E-state index contributed by atoms with van der Waals surface area (Å²) < 4.78 is 5.28. The van der Waals surface area contributed by atoms with Crippen molar-refractivity contribution < 1.29 is 4.52 Å². The van der Waals surface area contributed by atoms with Crippen LogP contribution >= 0.6 is 0 Å². The lowest BCUT2D eigenvalue weighted by molar-refractivity contribution is 0.250. The highest BCUT2D eigenvalue weighted by Crippen LogP contribution is 2.24. The number of para-hydroxylation sites is 1. The fraction of sp³-hybridized carbons (Fsp3) is 0.231. The molecule has 0 bridgehead atoms. The quantitative estimate of drug-likeness (QED) is 0.380. The molecule has 0 saturated carbocycles. The van der Waals surface area contributed by atoms with E-state index in [4.69, 9.17) is 4.52 Å². The molecule has 35 heavy (non-hydrogen) atoms. The van der Waals surface area contributed by atoms with E-state index in [9.17, 15) is 0 Å². The van der Waals surface area contributed by atoms with E-state index in [1.54, 1.807) is 6.92 Å². The summed E-state index contributed by atoms with van der Waals surface area (Å²) in [5.41, 5.74) is 5.10. The third-order valence-electron chi connectivity index (χ3n) is 6.23. The van der Waals surface area contributed by atoms with Crippen LogP contribution in [0.2, 0.25) is 0 Å². The number of piperazine rings is 1. The van der Waals surface area contributed by atoms with Crippen LogP contribution in [0.1, 0.15) is 11.4 Å². The molecule has 1 aliphatic rings. The molecule has 3 aromatic heterocycles. The Balaban J connectivity index is 1.11. The van der Waals surface area contributed by atoms with Crippen molar-refractivity contribution >= 4 is 28.5 Å². The highest BCUT2D eigenvalue weighted by Gasteiger charge is 2.17. The van der Waals surface area contributed by atoms with Gasteiger partial charge in [-0.2, -0.15) is 4.98 Å². The lowest BCUT2D eigenvalue weighted by Crippen LogP contribution is -2.45. The second-order valence-corrected chi connectivity index (χ2v) is 8.74. The van der Waals surface area contributed by atoms with Gasteiger partial charge in [-0.1, -0.05) is 23.4 Å². The first-order chi connectivity index (χ1) is 17.2. The van der Waals surface area contributed by atoms with Gasteiger partial charge in [0, 0.05) is 50.2 Å². The maximum atomic E-state index is 5.28. The number of benzene rings is 2. The summed E-state index contributed by atoms with van der Waals surface area (Å²) in [5, 5.41) is 7.17. The van der Waals surface area contributed by atoms with Gasteiger partial charge in [-0.05, 0) is 55.0 Å². The predicted molar refractivity (Wildman–Crippen MR) is 136 cm³/mol. The molecule has 6 rings (SSSR count). The Morgan fingerprint density at radius 3 is 2.63 bits per heavy atom. The van der Waals surface area contributed by atoms with Crippen LogP contribution in [-0.4, -0.2) is 56.2 Å². The van der Waals surface area contributed by atoms with Crippen LogP contribution in [0.4, 0.5) is 17.5 Å². The molecule has 0 aliphatic carbocycles. The van der Waals surface area contributed by atoms with Gasteiger partial charge in [0.05, 0.1) is 11.0 Å². The lowest BCUT2D eigenvalue weighted by Gasteiger charge is -2.36. The van der Waals surface area contributed by atoms with Crippen molar-refractivity contribution in [3.63, 3.8) is 0 Å². The van der Waals surface area contributed by atoms with Crippen molar-refractivity contribution in [3.05, 3.63) is 78.2 Å². The third-order valence-corrected chi connectivity index (χ3v) is 6.23. The predicted octanol–water partition coefficient (Wildman–Crippen LogP) is 4.38. The SMILES string of the molecule is Cc1noc(-c2ccc3nc(Nc4cc(CN5CCN(c6ccccc6)CC5)ccn4)[nH]c3c2)n1. The Labute approximate surface area is 202 Å². The first kappa shape index (κ1) is 21.3. The number of aryl methyl sites for hydroxylation is 1. The number of imidazole rings is 1. The van der Waals surface area contributed by atoms with Gasteiger partial charge >= 0.3 is 0 Å². The second-order valence-electron chi connectivity index (χ2n) is 8.74. The van der Waals surface area contributed by atoms with E-state index >= 15 is 0 Å². The molecular weight excluding hydrogens is 440 g/mol. The van der Waals surface area contributed by atoms with Gasteiger partial charge in [-0.25, -0.2) is 9.97 Å². The summed E-state index contributed by atoms with van der Waals surface area (Å²) in [6.07, 6.45) is 1.84. The molecular formula is C26H26N8O. The smallest absolute Gasteiger partial charge is 0.257 e. The number of aromatic amines is 1. The molecule has 4 heterocycles. The number of fused-ring (bicyclic) bond motifs is 1. The number of anilines is 3. The molecule has 9 nitrogen and oxygen atoms in total. The molecule has 176 valence electrons. The second kappa shape index (κ2) is 9.19. The molecule has 1 saturated heterocycles. The zero-order chi connectivity index (χ0) is 23.6. The Hall–Kier alpha value is -4.24. The van der Waals surface area contributed by atoms with E-state index in [1.807, 2.05) is 24.4 Å². The van der Waals surface area contributed by atoms with E-state index in [2.05, 4.69) is 82.7 Å². The van der Waals surface area contributed by atoms with Crippen molar-refractivity contribution in [2.75, 3.05) is 36.4 Å². The molecule has 9 heteroatoms. The fourth-order valence-corrected chi connectivity index (χ4v) is 4.44. The normalized spacial score (nSPS) is 14.5. The van der Waals surface area contributed by atoms with Gasteiger partial charge in [0.15, 0.2) is 5.82 Å². The van der Waals surface area contributed by atoms with Gasteiger partial charge in [0.2, 0.25) is 5.95 Å². The summed E-state index contributed by atoms with van der Waals surface area (Å²) >= 11 is 0. The van der Waals surface area contributed by atoms with E-state index in [-0.39, 0.29) is 0 Å². The number of nitrogens with zero attached hydrogens (tertiary/aromatic N) is 6. The molecule has 2 aromatic carbocycles. The molecule has 2 N–H and O–H groups in total. The highest BCUT2D eigenvalue weighted by molar-refractivity contribution is 5.82. The zero-order valence-corrected chi connectivity index (χ0v) is 19.5. The van der Waals surface area contributed by atoms with Crippen LogP contribution in [0.3, 0.4) is 0 Å². The topological polar surface area (TPSA) is 99.0 Å². The number of H-pyrrole nitrogens is 1. The average molecular weight is 467 g/mol. The number of pyridine rings is 1. The summed E-state index contributed by atoms with van der Waals surface area (Å²) in [5.74, 6) is 2.50. The van der Waals surface area contributed by atoms with Gasteiger partial charge in [0.1, 0.15) is 5.82 Å². The highest BCUT2D eigenvalue weighted by atomic mass is 16.5. The van der Waals surface area contributed by atoms with Crippen LogP contribution in [0.5, 0.6) is 0 Å². The van der Waals surface area contributed by atoms with Gasteiger partial charge in [-0.3, -0.25) is 4.90 Å². The van der Waals surface area contributed by atoms with Crippen LogP contribution < -0.4 is 10.2 Å². The largest absolute Gasteiger partial charge is 0.369 e. The Morgan fingerprint density at radius 2 is 1.83 bits per heavy atom. The summed E-state index contributed by atoms with van der Waals surface area (Å²) in [7, 11) is 0. The lowest BCUT2D eigenvalue weighted by atomic mass is 10.2. The third kappa shape index (κ3) is 4.71. The molecule has 0 spiro atoms. The maximum absolute atomic E-state index is 5.28. The summed E-state index contributed by atoms with van der Waals surface area (Å²) in [4.78, 5) is 21.7. The van der Waals surface area contributed by atoms with Crippen molar-refractivity contribution in [2.24, 2.45) is 0 Å². The van der Waals surface area contributed by atoms with E-state index in [0.29, 0.717) is 17.7 Å². The monoisotopic (exact) mass is 466 g/mol. The zero-order valence-electron chi connectivity index (χ0n) is 19.5. The molecule has 0 unspecified atom stereocenters. The first-order valence-electron chi connectivity index (χ1n) is 11.7. The Bertz CT molecular complexity index is 1440. The minimum atomic E-state index is 0.493. The van der Waals surface area contributed by atoms with Crippen LogP contribution in [-0.2, 0) is 6.54 Å². The van der Waals surface area contributed by atoms with E-state index < -0.39 is 0 Å². The summed E-state index contributed by atoms with van der Waals surface area (Å²) in [6.45, 7) is 6.83. The van der Waals surface area contributed by atoms with Gasteiger partial charge < -0.3 is 19.7 Å². The fourth-order valence-electron chi connectivity index (χ4n) is 4.44. The number of aromatic nitrogens is 5. The van der Waals surface area contributed by atoms with Crippen molar-refractivity contribution in [1.82, 2.24) is 30.0 Å². The first-order valence-corrected chi connectivity index (χ1v) is 11.7. The van der Waals surface area contributed by atoms with E-state index in [0.717, 1.165) is 55.1 Å². The molecule has 0 atom stereocenters. The number of rotatable bonds is 6. The molecule has 5 aromatic rings. The van der Waals surface area contributed by atoms with Crippen molar-refractivity contribution in [1.29, 1.82) is 0 Å². The standard InChI is InChI=1S/C26H26N8O/c1-18-28-25(35-32-18)20-7-8-22-23(16-20)30-26(29-22)31-24-15-19(9-10-27-24)17-33-11-13-34(14-12-33)21-5-3-2-4-6-21/h2-10,15-16H,11-14,17H2,1H3,(H2,27,29,30,31). The number of nitrogens with one attached hydrogen (secondary N) is 2. The molecule has 0 radical (unpaired) electrons. The molecule has 1 aliphatic heterocycles. The number of hydrogen-bond acceptors (Lipinski definition) is 8. The number of hydrogen-bond donors (Lipinski definition) is 2. The van der Waals surface area contributed by atoms with Crippen LogP contribution in [0, 0.1) is 6.92 Å². The Kier molecular flexibility index (Phi) is 5.59. The summed E-state index contributed by atoms with van der Waals surface area (Å²) in [6, 6.07) is 20.6. The van der Waals surface area contributed by atoms with Crippen LogP contribution in [0.25, 0.3) is 22.5 Å². The van der Waals surface area contributed by atoms with Crippen LogP contribution in [0.15, 0.2) is 71.4 Å². The Morgan fingerprint density at radius 1 is 0.971 bits per heavy atom. The van der Waals surface area contributed by atoms with Gasteiger partial charge in [0.25, 0.3) is 5.89 Å². The average Bonchev–Trinajstić information content (AvgIpc) is 3.50. The van der Waals surface area contributed by atoms with Crippen molar-refractivity contribution in [3.8, 4) is 11.5 Å². The van der Waals surface area contributed by atoms with Gasteiger partial charge in [-0.15, -0.1) is 0 Å². The minimum Gasteiger partial charge on any atom is -0.369 e. The minimum absolute atomic E-state index is 0.493. The molecule has 0 amide bonds. The maximum Gasteiger partial charge on any atom is 0.257 e. The van der Waals surface area contributed by atoms with E-state index in [1.165, 1.54) is 11.3 Å². The molecule has 1 fully saturated rings. The van der Waals surface area contributed by atoms with Crippen molar-refractivity contribution in [2.45, 2.75) is 13.5 Å².